The van der Waals surface area contributed by atoms with Gasteiger partial charge in [-0.05, 0) is 0 Å². The highest BCUT2D eigenvalue weighted by molar-refractivity contribution is 5.75. The Bertz CT molecular complexity index is 205. The maximum absolute atomic E-state index is 10.7. The van der Waals surface area contributed by atoms with Gasteiger partial charge in [0.2, 0.25) is 0 Å². The molecule has 1 rings (SSSR count). The zero-order valence-corrected chi connectivity index (χ0v) is 6.89. The van der Waals surface area contributed by atoms with E-state index in [0.717, 1.165) is 0 Å². The number of urea groups is 1. The van der Waals surface area contributed by atoms with E-state index in [2.05, 4.69) is 10.6 Å². The fourth-order valence-corrected chi connectivity index (χ4v) is 1.20. The molecular weight excluding hydrogens is 160 g/mol. The highest BCUT2D eigenvalue weighted by atomic mass is 16.4. The number of hydrogen-bond donors (Lipinski definition) is 3. The highest BCUT2D eigenvalue weighted by Crippen LogP contribution is 2.20. The van der Waals surface area contributed by atoms with Crippen LogP contribution in [-0.4, -0.2) is 30.2 Å². The number of carboxylic acids is 1. The maximum atomic E-state index is 10.7. The molecule has 0 radical (unpaired) electrons. The molecule has 0 bridgehead atoms. The Morgan fingerprint density at radius 2 is 2.08 bits per heavy atom. The smallest absolute Gasteiger partial charge is 0.314 e. The number of rotatable bonds is 2. The number of amides is 2. The van der Waals surface area contributed by atoms with Crippen LogP contribution in [0.15, 0.2) is 0 Å². The first-order valence-electron chi connectivity index (χ1n) is 3.75. The molecule has 1 aliphatic heterocycles. The molecule has 12 heavy (non-hydrogen) atoms. The van der Waals surface area contributed by atoms with Crippen molar-refractivity contribution in [3.05, 3.63) is 0 Å². The minimum atomic E-state index is -0.838. The summed E-state index contributed by atoms with van der Waals surface area (Å²) in [5, 5.41) is 13.7. The second-order valence-corrected chi connectivity index (χ2v) is 3.42. The number of nitrogens with one attached hydrogen (secondary N) is 2. The molecule has 0 saturated carbocycles. The molecule has 1 aliphatic rings. The van der Waals surface area contributed by atoms with Crippen molar-refractivity contribution < 1.29 is 14.7 Å². The normalized spacial score (nSPS) is 20.9. The van der Waals surface area contributed by atoms with Crippen LogP contribution in [0.25, 0.3) is 0 Å². The van der Waals surface area contributed by atoms with Crippen LogP contribution in [0.2, 0.25) is 0 Å². The molecule has 3 N–H and O–H groups in total. The predicted molar refractivity (Wildman–Crippen MR) is 41.8 cm³/mol. The van der Waals surface area contributed by atoms with Crippen molar-refractivity contribution >= 4 is 12.0 Å². The molecule has 0 aromatic heterocycles. The van der Waals surface area contributed by atoms with Gasteiger partial charge in [-0.15, -0.1) is 0 Å². The number of aliphatic carboxylic acids is 1. The van der Waals surface area contributed by atoms with Crippen LogP contribution in [0.1, 0.15) is 13.3 Å². The van der Waals surface area contributed by atoms with E-state index < -0.39 is 5.97 Å². The summed E-state index contributed by atoms with van der Waals surface area (Å²) in [6.07, 6.45) is 0.0697. The van der Waals surface area contributed by atoms with Crippen LogP contribution >= 0.6 is 0 Å². The van der Waals surface area contributed by atoms with Gasteiger partial charge < -0.3 is 15.7 Å². The third-order valence-corrected chi connectivity index (χ3v) is 1.93. The first-order chi connectivity index (χ1) is 5.52. The van der Waals surface area contributed by atoms with E-state index in [1.54, 1.807) is 0 Å². The molecular formula is C7H12N2O3. The molecule has 5 heteroatoms. The molecule has 68 valence electrons. The van der Waals surface area contributed by atoms with Gasteiger partial charge in [0.1, 0.15) is 0 Å². The van der Waals surface area contributed by atoms with Crippen LogP contribution in [-0.2, 0) is 4.79 Å². The lowest BCUT2D eigenvalue weighted by molar-refractivity contribution is -0.139. The fourth-order valence-electron chi connectivity index (χ4n) is 1.20. The van der Waals surface area contributed by atoms with Gasteiger partial charge in [0.15, 0.2) is 0 Å². The molecule has 2 amide bonds. The van der Waals surface area contributed by atoms with Gasteiger partial charge in [0, 0.05) is 18.5 Å². The Kier molecular flexibility index (Phi) is 2.21. The first kappa shape index (κ1) is 8.83. The van der Waals surface area contributed by atoms with Gasteiger partial charge in [-0.2, -0.15) is 0 Å². The summed E-state index contributed by atoms with van der Waals surface area (Å²) in [6, 6.07) is -0.224. The Morgan fingerprint density at radius 1 is 1.58 bits per heavy atom. The summed E-state index contributed by atoms with van der Waals surface area (Å²) in [7, 11) is 0. The zero-order valence-electron chi connectivity index (χ0n) is 6.89. The Morgan fingerprint density at radius 3 is 2.50 bits per heavy atom. The number of carbonyl (C=O) groups excluding carboxylic acids is 1. The van der Waals surface area contributed by atoms with Crippen LogP contribution in [0.4, 0.5) is 4.79 Å². The van der Waals surface area contributed by atoms with E-state index in [9.17, 15) is 9.59 Å². The summed E-state index contributed by atoms with van der Waals surface area (Å²) in [4.78, 5) is 21.1. The quantitative estimate of drug-likeness (QED) is 0.538. The van der Waals surface area contributed by atoms with E-state index >= 15 is 0 Å². The maximum Gasteiger partial charge on any atom is 0.314 e. The number of carboxylic acid groups (broad SMARTS) is 1. The third-order valence-electron chi connectivity index (χ3n) is 1.93. The van der Waals surface area contributed by atoms with Crippen molar-refractivity contribution in [3.8, 4) is 0 Å². The minimum Gasteiger partial charge on any atom is -0.481 e. The molecule has 0 atom stereocenters. The van der Waals surface area contributed by atoms with Crippen LogP contribution in [0.5, 0.6) is 0 Å². The van der Waals surface area contributed by atoms with Gasteiger partial charge in [-0.25, -0.2) is 4.79 Å². The van der Waals surface area contributed by atoms with E-state index in [-0.39, 0.29) is 17.9 Å². The fraction of sp³-hybridized carbons (Fsp3) is 0.714. The summed E-state index contributed by atoms with van der Waals surface area (Å²) in [5.41, 5.74) is -0.361. The number of hydrogen-bond acceptors (Lipinski definition) is 2. The predicted octanol–water partition coefficient (Wildman–Crippen LogP) is -0.220. The molecule has 1 saturated heterocycles. The van der Waals surface area contributed by atoms with Gasteiger partial charge in [-0.1, -0.05) is 6.92 Å². The topological polar surface area (TPSA) is 78.4 Å². The SMILES string of the molecule is CC1(CC(=O)O)CNC(=O)NC1. The van der Waals surface area contributed by atoms with Gasteiger partial charge in [0.05, 0.1) is 6.42 Å². The molecule has 1 heterocycles. The minimum absolute atomic E-state index is 0.0697. The summed E-state index contributed by atoms with van der Waals surface area (Å²) in [5.74, 6) is -0.838. The zero-order chi connectivity index (χ0) is 9.19. The summed E-state index contributed by atoms with van der Waals surface area (Å²) >= 11 is 0. The van der Waals surface area contributed by atoms with Gasteiger partial charge >= 0.3 is 12.0 Å². The number of carbonyl (C=O) groups is 2. The monoisotopic (exact) mass is 172 g/mol. The van der Waals surface area contributed by atoms with Gasteiger partial charge in [-0.3, -0.25) is 4.79 Å². The van der Waals surface area contributed by atoms with Crippen LogP contribution in [0, 0.1) is 5.41 Å². The lowest BCUT2D eigenvalue weighted by Crippen LogP contribution is -2.54. The molecule has 0 aromatic rings. The Labute approximate surface area is 70.1 Å². The summed E-state index contributed by atoms with van der Waals surface area (Å²) < 4.78 is 0. The third kappa shape index (κ3) is 2.11. The largest absolute Gasteiger partial charge is 0.481 e. The standard InChI is InChI=1S/C7H12N2O3/c1-7(2-5(10)11)3-8-6(12)9-4-7/h2-4H2,1H3,(H,10,11)(H2,8,9,12). The lowest BCUT2D eigenvalue weighted by atomic mass is 9.85. The van der Waals surface area contributed by atoms with E-state index in [4.69, 9.17) is 5.11 Å². The van der Waals surface area contributed by atoms with Crippen LogP contribution in [0.3, 0.4) is 0 Å². The van der Waals surface area contributed by atoms with Crippen LogP contribution < -0.4 is 10.6 Å². The molecule has 0 aliphatic carbocycles. The van der Waals surface area contributed by atoms with Gasteiger partial charge in [0.25, 0.3) is 0 Å². The highest BCUT2D eigenvalue weighted by Gasteiger charge is 2.31. The average Bonchev–Trinajstić information content (AvgIpc) is 1.94. The van der Waals surface area contributed by atoms with E-state index in [1.807, 2.05) is 6.92 Å². The Hall–Kier alpha value is -1.26. The molecule has 0 unspecified atom stereocenters. The second kappa shape index (κ2) is 3.00. The van der Waals surface area contributed by atoms with E-state index in [0.29, 0.717) is 13.1 Å². The first-order valence-corrected chi connectivity index (χ1v) is 3.75. The van der Waals surface area contributed by atoms with E-state index in [1.165, 1.54) is 0 Å². The van der Waals surface area contributed by atoms with Crippen molar-refractivity contribution in [2.45, 2.75) is 13.3 Å². The average molecular weight is 172 g/mol. The molecule has 0 aromatic carbocycles. The second-order valence-electron chi connectivity index (χ2n) is 3.42. The van der Waals surface area contributed by atoms with Crippen molar-refractivity contribution in [1.82, 2.24) is 10.6 Å². The lowest BCUT2D eigenvalue weighted by Gasteiger charge is -2.32. The van der Waals surface area contributed by atoms with Crippen molar-refractivity contribution in [2.75, 3.05) is 13.1 Å². The molecule has 0 spiro atoms. The molecule has 1 fully saturated rings. The van der Waals surface area contributed by atoms with Crippen molar-refractivity contribution in [3.63, 3.8) is 0 Å². The molecule has 5 nitrogen and oxygen atoms in total. The summed E-state index contributed by atoms with van der Waals surface area (Å²) in [6.45, 7) is 2.67. The van der Waals surface area contributed by atoms with Crippen molar-refractivity contribution in [1.29, 1.82) is 0 Å². The van der Waals surface area contributed by atoms with Crippen molar-refractivity contribution in [2.24, 2.45) is 5.41 Å². The Balaban J connectivity index is 2.49.